The van der Waals surface area contributed by atoms with E-state index in [0.29, 0.717) is 37.3 Å². The SMILES string of the molecule is COc1ccccc1OC(=O)N(CCCC(CCCCN=C=O)CN=C=O)C(=O)Oc1ccccc1OC. The van der Waals surface area contributed by atoms with E-state index in [1.807, 2.05) is 0 Å². The smallest absolute Gasteiger partial charge is 0.424 e. The van der Waals surface area contributed by atoms with Gasteiger partial charge < -0.3 is 18.9 Å². The molecule has 2 rings (SSSR count). The first-order valence-electron chi connectivity index (χ1n) is 12.1. The fraction of sp³-hybridized carbons (Fsp3) is 0.407. The third-order valence-corrected chi connectivity index (χ3v) is 5.58. The third-order valence-electron chi connectivity index (χ3n) is 5.58. The predicted molar refractivity (Wildman–Crippen MR) is 137 cm³/mol. The van der Waals surface area contributed by atoms with Crippen LogP contribution < -0.4 is 18.9 Å². The van der Waals surface area contributed by atoms with Crippen LogP contribution in [0.4, 0.5) is 9.59 Å². The molecular weight excluding hydrogens is 494 g/mol. The second-order valence-electron chi connectivity index (χ2n) is 8.10. The van der Waals surface area contributed by atoms with Crippen molar-refractivity contribution in [1.29, 1.82) is 0 Å². The van der Waals surface area contributed by atoms with E-state index in [9.17, 15) is 19.2 Å². The Morgan fingerprint density at radius 3 is 1.76 bits per heavy atom. The highest BCUT2D eigenvalue weighted by molar-refractivity contribution is 5.90. The van der Waals surface area contributed by atoms with Crippen molar-refractivity contribution in [3.8, 4) is 23.0 Å². The minimum atomic E-state index is -0.941. The van der Waals surface area contributed by atoms with Gasteiger partial charge in [-0.15, -0.1) is 0 Å². The van der Waals surface area contributed by atoms with E-state index in [4.69, 9.17) is 18.9 Å². The lowest BCUT2D eigenvalue weighted by Crippen LogP contribution is -2.41. The monoisotopic (exact) mass is 525 g/mol. The van der Waals surface area contributed by atoms with Gasteiger partial charge in [-0.1, -0.05) is 30.7 Å². The van der Waals surface area contributed by atoms with E-state index in [-0.39, 0.29) is 30.5 Å². The van der Waals surface area contributed by atoms with Gasteiger partial charge in [0.15, 0.2) is 23.0 Å². The molecule has 0 N–H and O–H groups in total. The highest BCUT2D eigenvalue weighted by Crippen LogP contribution is 2.28. The lowest BCUT2D eigenvalue weighted by molar-refractivity contribution is 0.128. The molecule has 2 aromatic carbocycles. The number of imide groups is 1. The Bertz CT molecular complexity index is 1080. The number of carbonyl (C=O) groups excluding carboxylic acids is 4. The van der Waals surface area contributed by atoms with E-state index >= 15 is 0 Å². The Labute approximate surface area is 221 Å². The van der Waals surface area contributed by atoms with E-state index < -0.39 is 12.2 Å². The zero-order valence-electron chi connectivity index (χ0n) is 21.5. The molecule has 0 fully saturated rings. The minimum absolute atomic E-state index is 0.00832. The topological polar surface area (TPSA) is 133 Å². The van der Waals surface area contributed by atoms with Gasteiger partial charge in [0.1, 0.15) is 0 Å². The number of para-hydroxylation sites is 4. The molecule has 0 heterocycles. The Morgan fingerprint density at radius 2 is 1.26 bits per heavy atom. The van der Waals surface area contributed by atoms with E-state index in [2.05, 4.69) is 9.98 Å². The second kappa shape index (κ2) is 17.1. The maximum Gasteiger partial charge on any atom is 0.424 e. The van der Waals surface area contributed by atoms with Crippen LogP contribution in [0.3, 0.4) is 0 Å². The quantitative estimate of drug-likeness (QED) is 0.181. The van der Waals surface area contributed by atoms with Crippen LogP contribution in [0.15, 0.2) is 58.5 Å². The predicted octanol–water partition coefficient (Wildman–Crippen LogP) is 4.94. The lowest BCUT2D eigenvalue weighted by atomic mass is 9.96. The molecule has 2 amide bonds. The molecule has 202 valence electrons. The van der Waals surface area contributed by atoms with Crippen LogP contribution in [0.2, 0.25) is 0 Å². The van der Waals surface area contributed by atoms with Crippen LogP contribution in [0.25, 0.3) is 0 Å². The number of methoxy groups -OCH3 is 2. The summed E-state index contributed by atoms with van der Waals surface area (Å²) in [5, 5.41) is 0. The first-order chi connectivity index (χ1) is 18.5. The molecule has 11 nitrogen and oxygen atoms in total. The molecule has 0 aliphatic rings. The van der Waals surface area contributed by atoms with Crippen molar-refractivity contribution in [2.75, 3.05) is 33.9 Å². The first kappa shape index (κ1) is 29.8. The molecule has 0 aliphatic heterocycles. The number of unbranched alkanes of at least 4 members (excludes halogenated alkanes) is 1. The summed E-state index contributed by atoms with van der Waals surface area (Å²) in [6, 6.07) is 13.1. The summed E-state index contributed by atoms with van der Waals surface area (Å²) in [6.45, 7) is 0.626. The number of nitrogens with zero attached hydrogens (tertiary/aromatic N) is 3. The number of carbonyl (C=O) groups is 2. The molecule has 0 radical (unpaired) electrons. The average molecular weight is 526 g/mol. The number of hydrogen-bond donors (Lipinski definition) is 0. The molecule has 1 unspecified atom stereocenters. The maximum absolute atomic E-state index is 13.1. The van der Waals surface area contributed by atoms with Crippen molar-refractivity contribution < 1.29 is 38.1 Å². The van der Waals surface area contributed by atoms with Gasteiger partial charge in [0.25, 0.3) is 0 Å². The lowest BCUT2D eigenvalue weighted by Gasteiger charge is -2.22. The van der Waals surface area contributed by atoms with Crippen LogP contribution in [0.1, 0.15) is 32.1 Å². The molecule has 0 bridgehead atoms. The molecule has 11 heteroatoms. The summed E-state index contributed by atoms with van der Waals surface area (Å²) in [4.78, 5) is 55.1. The summed E-state index contributed by atoms with van der Waals surface area (Å²) in [7, 11) is 2.88. The number of isocyanates is 2. The van der Waals surface area contributed by atoms with Crippen molar-refractivity contribution in [3.05, 3.63) is 48.5 Å². The number of amides is 2. The fourth-order valence-electron chi connectivity index (χ4n) is 3.66. The largest absolute Gasteiger partial charge is 0.493 e. The van der Waals surface area contributed by atoms with Crippen molar-refractivity contribution in [2.45, 2.75) is 32.1 Å². The van der Waals surface area contributed by atoms with Crippen LogP contribution >= 0.6 is 0 Å². The summed E-state index contributed by atoms with van der Waals surface area (Å²) < 4.78 is 21.4. The standard InChI is InChI=1S/C27H31N3O8/c1-35-22-12-3-5-14-24(22)37-26(33)30(27(34)38-25-15-6-4-13-23(25)36-2)17-9-11-21(18-29-20-32)10-7-8-16-28-19-31/h3-6,12-15,21H,7-11,16-18H2,1-2H3. The molecule has 0 spiro atoms. The summed E-state index contributed by atoms with van der Waals surface area (Å²) in [6.07, 6.45) is 4.30. The first-order valence-corrected chi connectivity index (χ1v) is 12.1. The molecule has 0 saturated heterocycles. The highest BCUT2D eigenvalue weighted by atomic mass is 16.6. The normalized spacial score (nSPS) is 10.8. The Balaban J connectivity index is 2.13. The number of aliphatic imine (C=N–C) groups is 2. The molecule has 1 atom stereocenters. The molecule has 0 aromatic heterocycles. The van der Waals surface area contributed by atoms with Gasteiger partial charge in [-0.25, -0.2) is 34.1 Å². The van der Waals surface area contributed by atoms with Gasteiger partial charge in [-0.3, -0.25) is 0 Å². The zero-order chi connectivity index (χ0) is 27.6. The van der Waals surface area contributed by atoms with Gasteiger partial charge in [0.05, 0.1) is 27.3 Å². The van der Waals surface area contributed by atoms with E-state index in [1.54, 1.807) is 54.6 Å². The van der Waals surface area contributed by atoms with Gasteiger partial charge >= 0.3 is 12.2 Å². The number of ether oxygens (including phenoxy) is 4. The summed E-state index contributed by atoms with van der Waals surface area (Å²) in [5.74, 6) is 0.945. The Morgan fingerprint density at radius 1 is 0.763 bits per heavy atom. The van der Waals surface area contributed by atoms with Crippen LogP contribution in [0, 0.1) is 5.92 Å². The van der Waals surface area contributed by atoms with Crippen molar-refractivity contribution in [1.82, 2.24) is 4.90 Å². The molecule has 0 aliphatic carbocycles. The number of rotatable bonds is 15. The van der Waals surface area contributed by atoms with Gasteiger partial charge in [-0.05, 0) is 55.9 Å². The third kappa shape index (κ3) is 9.89. The van der Waals surface area contributed by atoms with E-state index in [0.717, 1.165) is 17.7 Å². The minimum Gasteiger partial charge on any atom is -0.493 e. The molecule has 2 aromatic rings. The fourth-order valence-corrected chi connectivity index (χ4v) is 3.66. The van der Waals surface area contributed by atoms with Gasteiger partial charge in [-0.2, -0.15) is 0 Å². The highest BCUT2D eigenvalue weighted by Gasteiger charge is 2.27. The summed E-state index contributed by atoms with van der Waals surface area (Å²) >= 11 is 0. The van der Waals surface area contributed by atoms with Crippen molar-refractivity contribution in [2.24, 2.45) is 15.9 Å². The molecular formula is C27H31N3O8. The van der Waals surface area contributed by atoms with E-state index in [1.165, 1.54) is 20.3 Å². The molecule has 38 heavy (non-hydrogen) atoms. The Kier molecular flexibility index (Phi) is 13.4. The van der Waals surface area contributed by atoms with Gasteiger partial charge in [0, 0.05) is 6.54 Å². The second-order valence-corrected chi connectivity index (χ2v) is 8.10. The van der Waals surface area contributed by atoms with Crippen molar-refractivity contribution >= 4 is 24.3 Å². The maximum atomic E-state index is 13.1. The van der Waals surface area contributed by atoms with Crippen LogP contribution in [-0.4, -0.2) is 63.1 Å². The number of hydrogen-bond acceptors (Lipinski definition) is 10. The average Bonchev–Trinajstić information content (AvgIpc) is 2.93. The van der Waals surface area contributed by atoms with Gasteiger partial charge in [0.2, 0.25) is 12.2 Å². The Hall–Kier alpha value is -4.46. The van der Waals surface area contributed by atoms with Crippen LogP contribution in [-0.2, 0) is 9.59 Å². The number of benzene rings is 2. The van der Waals surface area contributed by atoms with Crippen molar-refractivity contribution in [3.63, 3.8) is 0 Å². The molecule has 0 saturated carbocycles. The van der Waals surface area contributed by atoms with Crippen LogP contribution in [0.5, 0.6) is 23.0 Å². The summed E-state index contributed by atoms with van der Waals surface area (Å²) in [5.41, 5.74) is 0. The zero-order valence-corrected chi connectivity index (χ0v) is 21.5.